The smallest absolute Gasteiger partial charge is 0.273 e. The molecular weight excluding hydrogens is 527 g/mol. The standard InChI is InChI=1S/C22H23FN6O4.4C2H6/c1-12(16-8-15(23)6-5-13(16)11-30)33-18-7-14(10-26-21(18)25)19-17(9-24)29(4)27-20(19)22(31,32)28(2)3;4*1-2/h5-8,10-12,31-32H,1-4H3,(H2,25,26);4*1-2H3. The highest BCUT2D eigenvalue weighted by Crippen LogP contribution is 2.37. The first-order chi connectivity index (χ1) is 19.5. The number of rotatable bonds is 7. The Labute approximate surface area is 244 Å². The molecule has 0 fully saturated rings. The quantitative estimate of drug-likeness (QED) is 0.235. The lowest BCUT2D eigenvalue weighted by Crippen LogP contribution is -2.42. The molecule has 0 spiro atoms. The summed E-state index contributed by atoms with van der Waals surface area (Å²) in [5, 5.41) is 34.9. The van der Waals surface area contributed by atoms with Crippen molar-refractivity contribution in [3.8, 4) is 22.9 Å². The zero-order chi connectivity index (χ0) is 32.5. The number of pyridine rings is 1. The first-order valence-corrected chi connectivity index (χ1v) is 13.8. The maximum atomic E-state index is 13.8. The van der Waals surface area contributed by atoms with Crippen LogP contribution in [-0.2, 0) is 13.0 Å². The first kappa shape index (κ1) is 39.3. The molecule has 0 amide bonds. The molecule has 41 heavy (non-hydrogen) atoms. The molecule has 4 N–H and O–H groups in total. The normalized spacial score (nSPS) is 10.6. The van der Waals surface area contributed by atoms with Gasteiger partial charge in [0.05, 0.1) is 0 Å². The van der Waals surface area contributed by atoms with Crippen LogP contribution in [0, 0.1) is 17.1 Å². The molecule has 0 aliphatic carbocycles. The van der Waals surface area contributed by atoms with E-state index in [9.17, 15) is 24.7 Å². The van der Waals surface area contributed by atoms with Gasteiger partial charge in [-0.1, -0.05) is 55.4 Å². The van der Waals surface area contributed by atoms with Gasteiger partial charge in [0.25, 0.3) is 5.91 Å². The lowest BCUT2D eigenvalue weighted by atomic mass is 10.0. The number of carbonyl (C=O) groups is 1. The van der Waals surface area contributed by atoms with Crippen LogP contribution in [0.15, 0.2) is 30.5 Å². The first-order valence-electron chi connectivity index (χ1n) is 13.8. The summed E-state index contributed by atoms with van der Waals surface area (Å²) in [4.78, 5) is 16.6. The highest BCUT2D eigenvalue weighted by molar-refractivity contribution is 5.77. The number of aryl methyl sites for hydroxylation is 1. The Balaban J connectivity index is 0. The third-order valence-corrected chi connectivity index (χ3v) is 5.18. The van der Waals surface area contributed by atoms with Crippen molar-refractivity contribution in [1.29, 1.82) is 5.26 Å². The Morgan fingerprint density at radius 1 is 1.12 bits per heavy atom. The number of anilines is 1. The molecule has 1 unspecified atom stereocenters. The maximum Gasteiger partial charge on any atom is 0.273 e. The number of halogens is 1. The average molecular weight is 575 g/mol. The minimum Gasteiger partial charge on any atom is -0.482 e. The summed E-state index contributed by atoms with van der Waals surface area (Å²) in [5.41, 5.74) is 6.82. The second kappa shape index (κ2) is 19.3. The molecule has 0 aliphatic heterocycles. The molecular formula is C30H47FN6O4. The van der Waals surface area contributed by atoms with Crippen molar-refractivity contribution < 1.29 is 24.1 Å². The van der Waals surface area contributed by atoms with Crippen molar-refractivity contribution in [3.05, 3.63) is 58.8 Å². The van der Waals surface area contributed by atoms with E-state index in [0.29, 0.717) is 11.8 Å². The van der Waals surface area contributed by atoms with Gasteiger partial charge in [-0.25, -0.2) is 9.37 Å². The summed E-state index contributed by atoms with van der Waals surface area (Å²) in [7, 11) is 4.36. The summed E-state index contributed by atoms with van der Waals surface area (Å²) >= 11 is 0. The van der Waals surface area contributed by atoms with Crippen molar-refractivity contribution in [2.45, 2.75) is 74.3 Å². The fraction of sp³-hybridized carbons (Fsp3) is 0.467. The molecule has 1 aromatic carbocycles. The van der Waals surface area contributed by atoms with Crippen LogP contribution < -0.4 is 10.5 Å². The number of aldehydes is 1. The summed E-state index contributed by atoms with van der Waals surface area (Å²) in [6.45, 7) is 17.6. The van der Waals surface area contributed by atoms with Crippen molar-refractivity contribution in [3.63, 3.8) is 0 Å². The minimum absolute atomic E-state index is 0.00507. The lowest BCUT2D eigenvalue weighted by Gasteiger charge is -2.27. The van der Waals surface area contributed by atoms with Gasteiger partial charge in [0.15, 0.2) is 11.6 Å². The van der Waals surface area contributed by atoms with Crippen LogP contribution in [0.2, 0.25) is 0 Å². The Kier molecular flexibility index (Phi) is 18.5. The number of aromatic nitrogens is 3. The van der Waals surface area contributed by atoms with E-state index in [4.69, 9.17) is 10.5 Å². The van der Waals surface area contributed by atoms with Crippen LogP contribution in [0.5, 0.6) is 5.75 Å². The van der Waals surface area contributed by atoms with Crippen LogP contribution >= 0.6 is 0 Å². The van der Waals surface area contributed by atoms with Crippen LogP contribution in [0.25, 0.3) is 11.1 Å². The Hall–Kier alpha value is -3.85. The zero-order valence-corrected chi connectivity index (χ0v) is 26.4. The van der Waals surface area contributed by atoms with Crippen LogP contribution in [0.3, 0.4) is 0 Å². The van der Waals surface area contributed by atoms with Crippen molar-refractivity contribution in [1.82, 2.24) is 19.7 Å². The van der Waals surface area contributed by atoms with E-state index in [1.54, 1.807) is 6.92 Å². The zero-order valence-electron chi connectivity index (χ0n) is 26.4. The van der Waals surface area contributed by atoms with Crippen molar-refractivity contribution in [2.24, 2.45) is 7.05 Å². The van der Waals surface area contributed by atoms with Gasteiger partial charge in [0.1, 0.15) is 35.7 Å². The van der Waals surface area contributed by atoms with Crippen molar-refractivity contribution in [2.75, 3.05) is 19.8 Å². The monoisotopic (exact) mass is 574 g/mol. The summed E-state index contributed by atoms with van der Waals surface area (Å²) in [6.07, 6.45) is 1.16. The fourth-order valence-electron chi connectivity index (χ4n) is 3.32. The summed E-state index contributed by atoms with van der Waals surface area (Å²) in [6, 6.07) is 7.17. The van der Waals surface area contributed by atoms with Crippen LogP contribution in [0.1, 0.15) is 95.7 Å². The predicted octanol–water partition coefficient (Wildman–Crippen LogP) is 5.79. The SMILES string of the molecule is CC.CC.CC.CC.CC(Oc1cc(-c2c(C(O)(O)N(C)C)nn(C)c2C#N)cnc1N)c1cc(F)ccc1C=O. The lowest BCUT2D eigenvalue weighted by molar-refractivity contribution is -0.262. The number of nitrogens with two attached hydrogens (primary N) is 1. The predicted molar refractivity (Wildman–Crippen MR) is 162 cm³/mol. The number of ether oxygens (including phenoxy) is 1. The molecule has 0 bridgehead atoms. The van der Waals surface area contributed by atoms with Gasteiger partial charge in [0, 0.05) is 35.5 Å². The van der Waals surface area contributed by atoms with Gasteiger partial charge in [0.2, 0.25) is 0 Å². The van der Waals surface area contributed by atoms with E-state index in [1.165, 1.54) is 56.3 Å². The highest BCUT2D eigenvalue weighted by Gasteiger charge is 2.37. The van der Waals surface area contributed by atoms with Gasteiger partial charge < -0.3 is 20.7 Å². The number of carbonyl (C=O) groups excluding carboxylic acids is 1. The number of hydrogen-bond acceptors (Lipinski definition) is 9. The van der Waals surface area contributed by atoms with Gasteiger partial charge in [-0.2, -0.15) is 10.4 Å². The third-order valence-electron chi connectivity index (χ3n) is 5.18. The average Bonchev–Trinajstić information content (AvgIpc) is 3.35. The fourth-order valence-corrected chi connectivity index (χ4v) is 3.32. The second-order valence-electron chi connectivity index (χ2n) is 7.60. The van der Waals surface area contributed by atoms with E-state index in [2.05, 4.69) is 10.1 Å². The van der Waals surface area contributed by atoms with Crippen LogP contribution in [-0.4, -0.2) is 50.3 Å². The van der Waals surface area contributed by atoms with Gasteiger partial charge in [-0.05, 0) is 45.3 Å². The molecule has 2 heterocycles. The van der Waals surface area contributed by atoms with E-state index < -0.39 is 17.8 Å². The van der Waals surface area contributed by atoms with Crippen LogP contribution in [0.4, 0.5) is 10.2 Å². The molecule has 3 aromatic rings. The molecule has 11 heteroatoms. The van der Waals surface area contributed by atoms with Gasteiger partial charge >= 0.3 is 0 Å². The van der Waals surface area contributed by atoms with E-state index in [1.807, 2.05) is 61.5 Å². The number of nitrogen functional groups attached to an aromatic ring is 1. The van der Waals surface area contributed by atoms with E-state index >= 15 is 0 Å². The number of aliphatic hydroxyl groups is 2. The Morgan fingerprint density at radius 3 is 2.17 bits per heavy atom. The Bertz CT molecular complexity index is 1250. The molecule has 228 valence electrons. The number of nitriles is 1. The van der Waals surface area contributed by atoms with Gasteiger partial charge in [-0.15, -0.1) is 0 Å². The molecule has 0 radical (unpaired) electrons. The topological polar surface area (TPSA) is 151 Å². The minimum atomic E-state index is -2.49. The summed E-state index contributed by atoms with van der Waals surface area (Å²) < 4.78 is 20.9. The van der Waals surface area contributed by atoms with E-state index in [0.717, 1.165) is 4.90 Å². The largest absolute Gasteiger partial charge is 0.482 e. The number of nitrogens with zero attached hydrogens (tertiary/aromatic N) is 5. The number of hydrogen-bond donors (Lipinski definition) is 3. The molecule has 2 aromatic heterocycles. The molecule has 1 atom stereocenters. The second-order valence-corrected chi connectivity index (χ2v) is 7.60. The molecule has 3 rings (SSSR count). The van der Waals surface area contributed by atoms with Gasteiger partial charge in [-0.3, -0.25) is 14.4 Å². The number of benzene rings is 1. The maximum absolute atomic E-state index is 13.8. The summed E-state index contributed by atoms with van der Waals surface area (Å²) in [5.74, 6) is -2.93. The molecule has 0 saturated carbocycles. The molecule has 10 nitrogen and oxygen atoms in total. The van der Waals surface area contributed by atoms with Crippen molar-refractivity contribution >= 4 is 12.1 Å². The van der Waals surface area contributed by atoms with E-state index in [-0.39, 0.29) is 39.6 Å². The Morgan fingerprint density at radius 2 is 1.68 bits per heavy atom. The molecule has 0 saturated heterocycles. The molecule has 0 aliphatic rings. The highest BCUT2D eigenvalue weighted by atomic mass is 19.1. The third kappa shape index (κ3) is 9.63.